The number of carbonyl (C=O) groups is 2. The highest BCUT2D eigenvalue weighted by atomic mass is 35.5. The fourth-order valence-corrected chi connectivity index (χ4v) is 4.43. The molecule has 2 amide bonds. The summed E-state index contributed by atoms with van der Waals surface area (Å²) in [6, 6.07) is 3.98. The van der Waals surface area contributed by atoms with Crippen LogP contribution < -0.4 is 10.8 Å². The lowest BCUT2D eigenvalue weighted by Gasteiger charge is -2.28. The number of amides is 2. The summed E-state index contributed by atoms with van der Waals surface area (Å²) >= 11 is 11.4. The second-order valence-electron chi connectivity index (χ2n) is 8.59. The quantitative estimate of drug-likeness (QED) is 0.363. The summed E-state index contributed by atoms with van der Waals surface area (Å²) in [7, 11) is 0. The topological polar surface area (TPSA) is 79.9 Å². The molecule has 39 heavy (non-hydrogen) atoms. The number of nitrogens with zero attached hydrogens (tertiary/aromatic N) is 1. The summed E-state index contributed by atoms with van der Waals surface area (Å²) in [4.78, 5) is 34.4. The molecule has 2 aliphatic heterocycles. The Morgan fingerprint density at radius 3 is 2.36 bits per heavy atom. The second-order valence-corrected chi connectivity index (χ2v) is 9.41. The number of alkyl halides is 6. The van der Waals surface area contributed by atoms with E-state index in [9.17, 15) is 40.3 Å². The van der Waals surface area contributed by atoms with Crippen LogP contribution in [0.2, 0.25) is 10.0 Å². The first-order chi connectivity index (χ1) is 18.0. The van der Waals surface area contributed by atoms with Gasteiger partial charge in [0, 0.05) is 11.1 Å². The third-order valence-electron chi connectivity index (χ3n) is 5.85. The van der Waals surface area contributed by atoms with Gasteiger partial charge in [0.25, 0.3) is 11.8 Å². The van der Waals surface area contributed by atoms with Crippen molar-refractivity contribution in [1.29, 1.82) is 0 Å². The first-order valence-corrected chi connectivity index (χ1v) is 11.6. The summed E-state index contributed by atoms with van der Waals surface area (Å²) in [5.41, 5.74) is -1.23. The Bertz CT molecular complexity index is 1340. The van der Waals surface area contributed by atoms with Crippen molar-refractivity contribution in [3.8, 4) is 0 Å². The van der Waals surface area contributed by atoms with Crippen molar-refractivity contribution in [2.75, 3.05) is 13.2 Å². The van der Waals surface area contributed by atoms with Gasteiger partial charge < -0.3 is 5.32 Å². The van der Waals surface area contributed by atoms with Gasteiger partial charge in [-0.2, -0.15) is 26.3 Å². The maximum Gasteiger partial charge on any atom is 0.428 e. The van der Waals surface area contributed by atoms with E-state index in [1.807, 2.05) is 0 Å². The molecule has 2 heterocycles. The van der Waals surface area contributed by atoms with Gasteiger partial charge in [0.1, 0.15) is 19.2 Å². The van der Waals surface area contributed by atoms with Crippen molar-refractivity contribution in [1.82, 2.24) is 15.9 Å². The van der Waals surface area contributed by atoms with E-state index in [2.05, 4.69) is 10.8 Å². The van der Waals surface area contributed by atoms with Crippen LogP contribution in [0.5, 0.6) is 0 Å². The van der Waals surface area contributed by atoms with Gasteiger partial charge in [-0.05, 0) is 48.4 Å². The van der Waals surface area contributed by atoms with Crippen molar-refractivity contribution in [3.05, 3.63) is 74.5 Å². The van der Waals surface area contributed by atoms with Crippen LogP contribution in [-0.2, 0) is 20.1 Å². The number of benzene rings is 2. The third-order valence-corrected chi connectivity index (χ3v) is 6.40. The molecule has 0 saturated carbocycles. The molecular weight excluding hydrogens is 586 g/mol. The summed E-state index contributed by atoms with van der Waals surface area (Å²) in [6.07, 6.45) is -9.05. The van der Waals surface area contributed by atoms with E-state index in [-0.39, 0.29) is 27.5 Å². The molecule has 2 atom stereocenters. The summed E-state index contributed by atoms with van der Waals surface area (Å²) in [5, 5.41) is 1.09. The van der Waals surface area contributed by atoms with E-state index in [0.29, 0.717) is 6.08 Å². The molecule has 2 aromatic rings. The summed E-state index contributed by atoms with van der Waals surface area (Å²) in [6.45, 7) is -0.705. The van der Waals surface area contributed by atoms with Gasteiger partial charge in [-0.1, -0.05) is 29.3 Å². The lowest BCUT2D eigenvalue weighted by Crippen LogP contribution is -2.44. The van der Waals surface area contributed by atoms with Gasteiger partial charge in [-0.25, -0.2) is 9.45 Å². The molecule has 0 aliphatic carbocycles. The molecule has 7 nitrogen and oxygen atoms in total. The van der Waals surface area contributed by atoms with Crippen LogP contribution in [-0.4, -0.2) is 48.4 Å². The number of hydrogen-bond acceptors (Lipinski definition) is 5. The molecule has 1 fully saturated rings. The standard InChI is InChI=1S/C23H16Cl2F7N3O4/c1-10-4-11(2-3-13(10)19(36)33-17-8-38-35(20(17)37)9-22(27,28)29)16-7-21(39-34-16,23(30,31)32)12-5-14(24)18(26)15(25)6-12/h2-7,17,34H,8-9H2,1H3,(H,33,36). The zero-order chi connectivity index (χ0) is 28.9. The predicted octanol–water partition coefficient (Wildman–Crippen LogP) is 5.21. The Morgan fingerprint density at radius 1 is 1.15 bits per heavy atom. The smallest absolute Gasteiger partial charge is 0.338 e. The van der Waals surface area contributed by atoms with E-state index < -0.39 is 70.4 Å². The zero-order valence-electron chi connectivity index (χ0n) is 19.4. The highest BCUT2D eigenvalue weighted by molar-refractivity contribution is 6.35. The molecule has 4 rings (SSSR count). The molecule has 2 aliphatic rings. The van der Waals surface area contributed by atoms with Crippen LogP contribution in [0.3, 0.4) is 0 Å². The molecule has 0 spiro atoms. The summed E-state index contributed by atoms with van der Waals surface area (Å²) in [5.74, 6) is -3.01. The molecule has 16 heteroatoms. The lowest BCUT2D eigenvalue weighted by atomic mass is 9.91. The molecule has 2 unspecified atom stereocenters. The summed E-state index contributed by atoms with van der Waals surface area (Å²) < 4.78 is 94.1. The minimum atomic E-state index is -5.04. The maximum atomic E-state index is 14.2. The molecule has 2 aromatic carbocycles. The molecule has 0 aromatic heterocycles. The Morgan fingerprint density at radius 2 is 1.79 bits per heavy atom. The van der Waals surface area contributed by atoms with Gasteiger partial charge in [0.05, 0.1) is 15.7 Å². The van der Waals surface area contributed by atoms with E-state index in [1.165, 1.54) is 25.1 Å². The van der Waals surface area contributed by atoms with Crippen molar-refractivity contribution in [2.24, 2.45) is 0 Å². The van der Waals surface area contributed by atoms with Crippen LogP contribution in [0.1, 0.15) is 27.0 Å². The molecule has 210 valence electrons. The molecule has 0 bridgehead atoms. The molecule has 1 saturated heterocycles. The average molecular weight is 602 g/mol. The monoisotopic (exact) mass is 601 g/mol. The number of hydroxylamine groups is 3. The first kappa shape index (κ1) is 28.9. The van der Waals surface area contributed by atoms with Crippen molar-refractivity contribution in [2.45, 2.75) is 30.9 Å². The minimum absolute atomic E-state index is 0.000445. The average Bonchev–Trinajstić information content (AvgIpc) is 3.42. The third kappa shape index (κ3) is 5.64. The number of nitrogens with one attached hydrogen (secondary N) is 2. The predicted molar refractivity (Wildman–Crippen MR) is 123 cm³/mol. The fraction of sp³-hybridized carbons (Fsp3) is 0.304. The Labute approximate surface area is 225 Å². The van der Waals surface area contributed by atoms with E-state index in [0.717, 1.165) is 12.1 Å². The number of hydrogen-bond donors (Lipinski definition) is 2. The van der Waals surface area contributed by atoms with Gasteiger partial charge in [0.15, 0.2) is 5.82 Å². The minimum Gasteiger partial charge on any atom is -0.338 e. The Hall–Kier alpha value is -3.07. The van der Waals surface area contributed by atoms with Gasteiger partial charge in [-0.15, -0.1) is 0 Å². The van der Waals surface area contributed by atoms with Crippen LogP contribution in [0.15, 0.2) is 36.4 Å². The van der Waals surface area contributed by atoms with E-state index in [4.69, 9.17) is 32.9 Å². The number of carbonyl (C=O) groups excluding carboxylic acids is 2. The van der Waals surface area contributed by atoms with Gasteiger partial charge >= 0.3 is 12.4 Å². The Kier molecular flexibility index (Phi) is 7.53. The van der Waals surface area contributed by atoms with Crippen LogP contribution in [0, 0.1) is 12.7 Å². The molecule has 2 N–H and O–H groups in total. The second kappa shape index (κ2) is 10.2. The van der Waals surface area contributed by atoms with Crippen LogP contribution in [0.25, 0.3) is 5.70 Å². The van der Waals surface area contributed by atoms with Gasteiger partial charge in [-0.3, -0.25) is 24.7 Å². The van der Waals surface area contributed by atoms with Crippen molar-refractivity contribution >= 4 is 40.7 Å². The van der Waals surface area contributed by atoms with Crippen LogP contribution >= 0.6 is 23.2 Å². The highest BCUT2D eigenvalue weighted by Gasteiger charge is 2.60. The SMILES string of the molecule is Cc1cc(C2=CC(c3cc(Cl)c(F)c(Cl)c3)(C(F)(F)F)ON2)ccc1C(=O)NC1CON(CC(F)(F)F)C1=O. The van der Waals surface area contributed by atoms with Crippen molar-refractivity contribution < 1.29 is 50.0 Å². The fourth-order valence-electron chi connectivity index (χ4n) is 3.94. The molecular formula is C23H16Cl2F7N3O4. The van der Waals surface area contributed by atoms with Crippen molar-refractivity contribution in [3.63, 3.8) is 0 Å². The number of aryl methyl sites for hydroxylation is 1. The van der Waals surface area contributed by atoms with E-state index in [1.54, 1.807) is 0 Å². The highest BCUT2D eigenvalue weighted by Crippen LogP contribution is 2.48. The number of halogens is 9. The normalized spacial score (nSPS) is 21.7. The first-order valence-electron chi connectivity index (χ1n) is 10.8. The van der Waals surface area contributed by atoms with Crippen LogP contribution in [0.4, 0.5) is 30.7 Å². The molecule has 0 radical (unpaired) electrons. The lowest BCUT2D eigenvalue weighted by molar-refractivity contribution is -0.269. The largest absolute Gasteiger partial charge is 0.428 e. The van der Waals surface area contributed by atoms with E-state index >= 15 is 0 Å². The number of rotatable bonds is 5. The van der Waals surface area contributed by atoms with Gasteiger partial charge in [0.2, 0.25) is 5.60 Å². The zero-order valence-corrected chi connectivity index (χ0v) is 20.9. The Balaban J connectivity index is 1.57. The maximum absolute atomic E-state index is 14.2.